The Balaban J connectivity index is 2.34. The first-order valence-electron chi connectivity index (χ1n) is 6.56. The highest BCUT2D eigenvalue weighted by Gasteiger charge is 2.25. The summed E-state index contributed by atoms with van der Waals surface area (Å²) in [4.78, 5) is 13.0. The molecule has 1 rings (SSSR count). The fourth-order valence-electron chi connectivity index (χ4n) is 2.22. The average molecular weight is 243 g/mol. The third-order valence-electron chi connectivity index (χ3n) is 3.36. The predicted octanol–water partition coefficient (Wildman–Crippen LogP) is 1.99. The van der Waals surface area contributed by atoms with E-state index in [1.165, 1.54) is 12.8 Å². The zero-order chi connectivity index (χ0) is 12.8. The van der Waals surface area contributed by atoms with E-state index in [4.69, 9.17) is 9.84 Å². The lowest BCUT2D eigenvalue weighted by molar-refractivity contribution is -0.142. The van der Waals surface area contributed by atoms with E-state index in [1.807, 2.05) is 0 Å². The van der Waals surface area contributed by atoms with Gasteiger partial charge in [-0.15, -0.1) is 0 Å². The molecule has 0 saturated carbocycles. The number of nitrogens with zero attached hydrogens (tertiary/aromatic N) is 1. The molecule has 1 N–H and O–H groups in total. The molecule has 0 radical (unpaired) electrons. The molecule has 4 nitrogen and oxygen atoms in total. The molecule has 4 heteroatoms. The van der Waals surface area contributed by atoms with Crippen LogP contribution >= 0.6 is 0 Å². The van der Waals surface area contributed by atoms with Crippen molar-refractivity contribution in [3.05, 3.63) is 0 Å². The van der Waals surface area contributed by atoms with Gasteiger partial charge in [-0.05, 0) is 25.7 Å². The third-order valence-corrected chi connectivity index (χ3v) is 3.36. The number of carboxylic acids is 1. The van der Waals surface area contributed by atoms with Crippen molar-refractivity contribution in [2.24, 2.45) is 5.92 Å². The first-order valence-corrected chi connectivity index (χ1v) is 6.56. The van der Waals surface area contributed by atoms with Crippen LogP contribution in [0.4, 0.5) is 0 Å². The molecule has 0 aromatic rings. The van der Waals surface area contributed by atoms with Crippen LogP contribution in [-0.2, 0) is 9.53 Å². The molecule has 0 aliphatic carbocycles. The number of rotatable bonds is 6. The number of morpholine rings is 1. The van der Waals surface area contributed by atoms with Crippen molar-refractivity contribution in [3.8, 4) is 0 Å². The van der Waals surface area contributed by atoms with Crippen LogP contribution in [0.5, 0.6) is 0 Å². The number of carboxylic acid groups (broad SMARTS) is 1. The minimum absolute atomic E-state index is 0.118. The summed E-state index contributed by atoms with van der Waals surface area (Å²) in [7, 11) is 0. The van der Waals surface area contributed by atoms with Crippen LogP contribution in [0.25, 0.3) is 0 Å². The lowest BCUT2D eigenvalue weighted by atomic mass is 10.0. The maximum absolute atomic E-state index is 10.7. The van der Waals surface area contributed by atoms with E-state index < -0.39 is 5.97 Å². The van der Waals surface area contributed by atoms with Crippen molar-refractivity contribution in [1.82, 2.24) is 4.90 Å². The van der Waals surface area contributed by atoms with Gasteiger partial charge in [0, 0.05) is 19.1 Å². The van der Waals surface area contributed by atoms with Gasteiger partial charge in [-0.3, -0.25) is 9.69 Å². The molecule has 0 aromatic carbocycles. The number of hydrogen-bond donors (Lipinski definition) is 1. The zero-order valence-corrected chi connectivity index (χ0v) is 11.2. The third kappa shape index (κ3) is 5.50. The molecule has 17 heavy (non-hydrogen) atoms. The quantitative estimate of drug-likeness (QED) is 0.775. The van der Waals surface area contributed by atoms with Gasteiger partial charge in [-0.2, -0.15) is 0 Å². The summed E-state index contributed by atoms with van der Waals surface area (Å²) in [6.07, 6.45) is 2.38. The second kappa shape index (κ2) is 6.97. The summed E-state index contributed by atoms with van der Waals surface area (Å²) in [5.74, 6) is -0.0417. The molecule has 1 saturated heterocycles. The maximum atomic E-state index is 10.7. The van der Waals surface area contributed by atoms with Gasteiger partial charge in [-0.25, -0.2) is 0 Å². The molecule has 2 unspecified atom stereocenters. The Hall–Kier alpha value is -0.610. The summed E-state index contributed by atoms with van der Waals surface area (Å²) in [6, 6.07) is 0.526. The molecular formula is C13H25NO3. The Morgan fingerprint density at radius 2 is 2.12 bits per heavy atom. The van der Waals surface area contributed by atoms with Crippen molar-refractivity contribution in [3.63, 3.8) is 0 Å². The summed E-state index contributed by atoms with van der Waals surface area (Å²) in [5, 5.41) is 8.77. The minimum atomic E-state index is -0.772. The summed E-state index contributed by atoms with van der Waals surface area (Å²) in [5.41, 5.74) is 0. The molecule has 0 aromatic heterocycles. The van der Waals surface area contributed by atoms with Crippen molar-refractivity contribution in [2.75, 3.05) is 19.7 Å². The Morgan fingerprint density at radius 1 is 1.41 bits per heavy atom. The van der Waals surface area contributed by atoms with Crippen LogP contribution in [0.3, 0.4) is 0 Å². The largest absolute Gasteiger partial charge is 0.481 e. The van der Waals surface area contributed by atoms with Crippen LogP contribution in [0.15, 0.2) is 0 Å². The Bertz CT molecular complexity index is 243. The molecular weight excluding hydrogens is 218 g/mol. The van der Waals surface area contributed by atoms with E-state index in [9.17, 15) is 4.79 Å². The first kappa shape index (κ1) is 14.5. The highest BCUT2D eigenvalue weighted by molar-refractivity contribution is 5.67. The Kier molecular flexibility index (Phi) is 5.92. The predicted molar refractivity (Wildman–Crippen MR) is 67.1 cm³/mol. The van der Waals surface area contributed by atoms with Crippen LogP contribution in [-0.4, -0.2) is 47.8 Å². The van der Waals surface area contributed by atoms with Gasteiger partial charge in [0.1, 0.15) is 0 Å². The Morgan fingerprint density at radius 3 is 2.71 bits per heavy atom. The topological polar surface area (TPSA) is 49.8 Å². The molecule has 1 heterocycles. The minimum Gasteiger partial charge on any atom is -0.481 e. The number of aliphatic carboxylic acids is 1. The van der Waals surface area contributed by atoms with Crippen LogP contribution in [0, 0.1) is 5.92 Å². The molecule has 0 amide bonds. The number of ether oxygens (including phenoxy) is 1. The molecule has 1 fully saturated rings. The fourth-order valence-corrected chi connectivity index (χ4v) is 2.22. The average Bonchev–Trinajstić information content (AvgIpc) is 2.25. The van der Waals surface area contributed by atoms with Gasteiger partial charge in [-0.1, -0.05) is 13.8 Å². The second-order valence-corrected chi connectivity index (χ2v) is 5.41. The Labute approximate surface area is 104 Å². The van der Waals surface area contributed by atoms with E-state index >= 15 is 0 Å². The van der Waals surface area contributed by atoms with Crippen molar-refractivity contribution >= 4 is 5.97 Å². The molecule has 100 valence electrons. The normalized spacial score (nSPS) is 23.9. The van der Waals surface area contributed by atoms with Gasteiger partial charge in [0.15, 0.2) is 0 Å². The van der Waals surface area contributed by atoms with E-state index in [1.54, 1.807) is 0 Å². The summed E-state index contributed by atoms with van der Waals surface area (Å²) in [6.45, 7) is 9.04. The van der Waals surface area contributed by atoms with Gasteiger partial charge in [0.2, 0.25) is 0 Å². The lowest BCUT2D eigenvalue weighted by Crippen LogP contribution is -2.47. The fraction of sp³-hybridized carbons (Fsp3) is 0.923. The lowest BCUT2D eigenvalue weighted by Gasteiger charge is -2.36. The van der Waals surface area contributed by atoms with Crippen molar-refractivity contribution in [1.29, 1.82) is 0 Å². The molecule has 0 spiro atoms. The van der Waals surface area contributed by atoms with Crippen LogP contribution in [0.2, 0.25) is 0 Å². The summed E-state index contributed by atoms with van der Waals surface area (Å²) >= 11 is 0. The van der Waals surface area contributed by atoms with Gasteiger partial charge in [0.25, 0.3) is 0 Å². The van der Waals surface area contributed by atoms with Gasteiger partial charge in [0.05, 0.1) is 19.1 Å². The van der Waals surface area contributed by atoms with E-state index in [0.29, 0.717) is 12.6 Å². The van der Waals surface area contributed by atoms with Crippen molar-refractivity contribution in [2.45, 2.75) is 52.2 Å². The highest BCUT2D eigenvalue weighted by atomic mass is 16.5. The molecule has 0 bridgehead atoms. The molecule has 1 aliphatic heterocycles. The smallest absolute Gasteiger partial charge is 0.306 e. The van der Waals surface area contributed by atoms with E-state index in [0.717, 1.165) is 19.0 Å². The maximum Gasteiger partial charge on any atom is 0.306 e. The second-order valence-electron chi connectivity index (χ2n) is 5.41. The monoisotopic (exact) mass is 243 g/mol. The standard InChI is InChI=1S/C13H25NO3/c1-10(2)4-5-11(3)14-6-7-17-12(9-14)8-13(15)16/h10-12H,4-9H2,1-3H3,(H,15,16). The van der Waals surface area contributed by atoms with Gasteiger partial charge < -0.3 is 9.84 Å². The van der Waals surface area contributed by atoms with E-state index in [-0.39, 0.29) is 12.5 Å². The number of hydrogen-bond acceptors (Lipinski definition) is 3. The molecule has 1 aliphatic rings. The SMILES string of the molecule is CC(C)CCC(C)N1CCOC(CC(=O)O)C1. The van der Waals surface area contributed by atoms with Crippen molar-refractivity contribution < 1.29 is 14.6 Å². The van der Waals surface area contributed by atoms with Crippen LogP contribution in [0.1, 0.15) is 40.0 Å². The van der Waals surface area contributed by atoms with Gasteiger partial charge >= 0.3 is 5.97 Å². The van der Waals surface area contributed by atoms with Crippen LogP contribution < -0.4 is 0 Å². The first-order chi connectivity index (χ1) is 7.99. The van der Waals surface area contributed by atoms with E-state index in [2.05, 4.69) is 25.7 Å². The zero-order valence-electron chi connectivity index (χ0n) is 11.2. The highest BCUT2D eigenvalue weighted by Crippen LogP contribution is 2.16. The summed E-state index contributed by atoms with van der Waals surface area (Å²) < 4.78 is 5.47. The number of carbonyl (C=O) groups is 1. The molecule has 2 atom stereocenters.